The molecule has 2 rings (SSSR count). The Morgan fingerprint density at radius 2 is 2.10 bits per heavy atom. The molecular formula is C16H23N3O2. The maximum Gasteiger partial charge on any atom is 0.264 e. The van der Waals surface area contributed by atoms with Gasteiger partial charge < -0.3 is 14.6 Å². The lowest BCUT2D eigenvalue weighted by molar-refractivity contribution is 0.242. The van der Waals surface area contributed by atoms with Gasteiger partial charge in [0.2, 0.25) is 0 Å². The van der Waals surface area contributed by atoms with Gasteiger partial charge in [-0.05, 0) is 31.2 Å². The monoisotopic (exact) mass is 289 g/mol. The van der Waals surface area contributed by atoms with Crippen LogP contribution in [0, 0.1) is 0 Å². The predicted octanol–water partition coefficient (Wildman–Crippen LogP) is 3.44. The maximum atomic E-state index is 5.73. The minimum Gasteiger partial charge on any atom is -0.484 e. The van der Waals surface area contributed by atoms with E-state index in [0.29, 0.717) is 24.4 Å². The van der Waals surface area contributed by atoms with E-state index in [4.69, 9.17) is 9.26 Å². The maximum absolute atomic E-state index is 5.73. The van der Waals surface area contributed by atoms with Crippen LogP contribution in [0.3, 0.4) is 0 Å². The van der Waals surface area contributed by atoms with Crippen LogP contribution in [0.15, 0.2) is 28.8 Å². The van der Waals surface area contributed by atoms with Gasteiger partial charge in [-0.1, -0.05) is 38.1 Å². The van der Waals surface area contributed by atoms with Crippen molar-refractivity contribution in [3.05, 3.63) is 41.5 Å². The molecule has 0 saturated carbocycles. The third-order valence-electron chi connectivity index (χ3n) is 3.23. The summed E-state index contributed by atoms with van der Waals surface area (Å²) in [4.78, 5) is 4.30. The van der Waals surface area contributed by atoms with Crippen molar-refractivity contribution in [2.24, 2.45) is 0 Å². The second-order valence-electron chi connectivity index (χ2n) is 5.34. The highest BCUT2D eigenvalue weighted by Gasteiger charge is 2.10. The first kappa shape index (κ1) is 15.5. The summed E-state index contributed by atoms with van der Waals surface area (Å²) in [5, 5.41) is 7.30. The van der Waals surface area contributed by atoms with Gasteiger partial charge in [0.05, 0.1) is 0 Å². The lowest BCUT2D eigenvalue weighted by atomic mass is 10.1. The molecule has 21 heavy (non-hydrogen) atoms. The number of benzene rings is 1. The number of nitrogens with one attached hydrogen (secondary N) is 1. The van der Waals surface area contributed by atoms with E-state index in [-0.39, 0.29) is 5.92 Å². The van der Waals surface area contributed by atoms with Crippen LogP contribution in [0.1, 0.15) is 56.9 Å². The average Bonchev–Trinajstić information content (AvgIpc) is 2.95. The summed E-state index contributed by atoms with van der Waals surface area (Å²) in [6.45, 7) is 9.52. The molecule has 0 saturated heterocycles. The van der Waals surface area contributed by atoms with Crippen molar-refractivity contribution in [1.82, 2.24) is 15.5 Å². The zero-order valence-electron chi connectivity index (χ0n) is 13.1. The van der Waals surface area contributed by atoms with E-state index in [1.54, 1.807) is 0 Å². The highest BCUT2D eigenvalue weighted by atomic mass is 16.5. The largest absolute Gasteiger partial charge is 0.484 e. The SMILES string of the molecule is CCNC(C)c1cccc(OCc2nc(C(C)C)no2)c1. The molecule has 1 unspecified atom stereocenters. The Bertz CT molecular complexity index is 566. The van der Waals surface area contributed by atoms with E-state index in [0.717, 1.165) is 12.3 Å². The Hall–Kier alpha value is -1.88. The molecule has 5 nitrogen and oxygen atoms in total. The lowest BCUT2D eigenvalue weighted by Crippen LogP contribution is -2.17. The summed E-state index contributed by atoms with van der Waals surface area (Å²) in [7, 11) is 0. The number of ether oxygens (including phenoxy) is 1. The van der Waals surface area contributed by atoms with Gasteiger partial charge in [-0.15, -0.1) is 0 Å². The fourth-order valence-corrected chi connectivity index (χ4v) is 2.00. The van der Waals surface area contributed by atoms with Gasteiger partial charge >= 0.3 is 0 Å². The van der Waals surface area contributed by atoms with Crippen LogP contribution in [0.25, 0.3) is 0 Å². The Morgan fingerprint density at radius 3 is 2.76 bits per heavy atom. The van der Waals surface area contributed by atoms with Gasteiger partial charge in [0.25, 0.3) is 5.89 Å². The van der Waals surface area contributed by atoms with Gasteiger partial charge in [-0.25, -0.2) is 0 Å². The third-order valence-corrected chi connectivity index (χ3v) is 3.23. The molecule has 5 heteroatoms. The van der Waals surface area contributed by atoms with Crippen LogP contribution in [0.4, 0.5) is 0 Å². The van der Waals surface area contributed by atoms with E-state index < -0.39 is 0 Å². The molecule has 0 bridgehead atoms. The highest BCUT2D eigenvalue weighted by molar-refractivity contribution is 5.30. The molecule has 1 aromatic carbocycles. The van der Waals surface area contributed by atoms with Crippen molar-refractivity contribution in [2.45, 2.75) is 46.3 Å². The first-order valence-electron chi connectivity index (χ1n) is 7.38. The molecule has 1 aromatic heterocycles. The molecule has 0 radical (unpaired) electrons. The van der Waals surface area contributed by atoms with Crippen LogP contribution in [0.2, 0.25) is 0 Å². The Balaban J connectivity index is 1.97. The zero-order valence-corrected chi connectivity index (χ0v) is 13.1. The van der Waals surface area contributed by atoms with Crippen molar-refractivity contribution in [2.75, 3.05) is 6.54 Å². The normalized spacial score (nSPS) is 12.6. The lowest BCUT2D eigenvalue weighted by Gasteiger charge is -2.13. The van der Waals surface area contributed by atoms with E-state index in [2.05, 4.69) is 35.4 Å². The number of hydrogen-bond acceptors (Lipinski definition) is 5. The molecule has 0 spiro atoms. The van der Waals surface area contributed by atoms with Crippen molar-refractivity contribution < 1.29 is 9.26 Å². The minimum absolute atomic E-state index is 0.256. The molecule has 0 fully saturated rings. The predicted molar refractivity (Wildman–Crippen MR) is 81.3 cm³/mol. The second kappa shape index (κ2) is 7.22. The minimum atomic E-state index is 0.256. The van der Waals surface area contributed by atoms with Crippen LogP contribution in [0.5, 0.6) is 5.75 Å². The summed E-state index contributed by atoms with van der Waals surface area (Å²) in [6, 6.07) is 8.35. The van der Waals surface area contributed by atoms with Gasteiger partial charge in [-0.2, -0.15) is 4.98 Å². The smallest absolute Gasteiger partial charge is 0.264 e. The Morgan fingerprint density at radius 1 is 1.29 bits per heavy atom. The summed E-state index contributed by atoms with van der Waals surface area (Å²) >= 11 is 0. The first-order valence-corrected chi connectivity index (χ1v) is 7.38. The third kappa shape index (κ3) is 4.29. The van der Waals surface area contributed by atoms with Crippen LogP contribution in [-0.2, 0) is 6.61 Å². The quantitative estimate of drug-likeness (QED) is 0.846. The molecule has 1 atom stereocenters. The topological polar surface area (TPSA) is 60.2 Å². The van der Waals surface area contributed by atoms with Gasteiger partial charge in [-0.3, -0.25) is 0 Å². The van der Waals surface area contributed by atoms with Crippen molar-refractivity contribution in [1.29, 1.82) is 0 Å². The van der Waals surface area contributed by atoms with Crippen molar-refractivity contribution in [3.8, 4) is 5.75 Å². The van der Waals surface area contributed by atoms with Crippen LogP contribution < -0.4 is 10.1 Å². The first-order chi connectivity index (χ1) is 10.1. The van der Waals surface area contributed by atoms with E-state index >= 15 is 0 Å². The molecule has 2 aromatic rings. The molecule has 0 aliphatic carbocycles. The van der Waals surface area contributed by atoms with Crippen LogP contribution in [-0.4, -0.2) is 16.7 Å². The van der Waals surface area contributed by atoms with Gasteiger partial charge in [0.1, 0.15) is 5.75 Å². The fraction of sp³-hybridized carbons (Fsp3) is 0.500. The summed E-state index contributed by atoms with van der Waals surface area (Å²) in [5.41, 5.74) is 1.20. The highest BCUT2D eigenvalue weighted by Crippen LogP contribution is 2.20. The molecule has 114 valence electrons. The van der Waals surface area contributed by atoms with Crippen molar-refractivity contribution >= 4 is 0 Å². The number of nitrogens with zero attached hydrogens (tertiary/aromatic N) is 2. The number of hydrogen-bond donors (Lipinski definition) is 1. The van der Waals surface area contributed by atoms with E-state index in [9.17, 15) is 0 Å². The van der Waals surface area contributed by atoms with Gasteiger partial charge in [0.15, 0.2) is 12.4 Å². The molecule has 0 aliphatic rings. The van der Waals surface area contributed by atoms with Crippen molar-refractivity contribution in [3.63, 3.8) is 0 Å². The fourth-order valence-electron chi connectivity index (χ4n) is 2.00. The van der Waals surface area contributed by atoms with Crippen LogP contribution >= 0.6 is 0 Å². The van der Waals surface area contributed by atoms with E-state index in [1.807, 2.05) is 32.0 Å². The zero-order chi connectivity index (χ0) is 15.2. The molecule has 0 aliphatic heterocycles. The molecule has 0 amide bonds. The molecular weight excluding hydrogens is 266 g/mol. The average molecular weight is 289 g/mol. The number of aromatic nitrogens is 2. The second-order valence-corrected chi connectivity index (χ2v) is 5.34. The standard InChI is InChI=1S/C16H23N3O2/c1-5-17-12(4)13-7-6-8-14(9-13)20-10-15-18-16(11(2)3)19-21-15/h6-9,11-12,17H,5,10H2,1-4H3. The number of rotatable bonds is 7. The Labute approximate surface area is 125 Å². The molecule has 1 heterocycles. The summed E-state index contributed by atoms with van der Waals surface area (Å²) in [6.07, 6.45) is 0. The Kier molecular flexibility index (Phi) is 5.33. The summed E-state index contributed by atoms with van der Waals surface area (Å²) < 4.78 is 10.9. The van der Waals surface area contributed by atoms with E-state index in [1.165, 1.54) is 5.56 Å². The van der Waals surface area contributed by atoms with Gasteiger partial charge in [0, 0.05) is 12.0 Å². The summed E-state index contributed by atoms with van der Waals surface area (Å²) in [5.74, 6) is 2.28. The molecule has 1 N–H and O–H groups in total.